The van der Waals surface area contributed by atoms with Crippen LogP contribution < -0.4 is 4.90 Å². The van der Waals surface area contributed by atoms with E-state index in [1.165, 1.54) is 6.07 Å². The van der Waals surface area contributed by atoms with Gasteiger partial charge in [0.1, 0.15) is 0 Å². The van der Waals surface area contributed by atoms with Gasteiger partial charge in [-0.2, -0.15) is 0 Å². The maximum atomic E-state index is 11.1. The predicted octanol–water partition coefficient (Wildman–Crippen LogP) is 5.13. The molecule has 1 aromatic heterocycles. The lowest BCUT2D eigenvalue weighted by molar-refractivity contribution is -0.385. The Hall–Kier alpha value is -3.41. The lowest BCUT2D eigenvalue weighted by Gasteiger charge is -2.14. The maximum Gasteiger partial charge on any atom is 0.274 e. The van der Waals surface area contributed by atoms with E-state index in [9.17, 15) is 10.1 Å². The molecule has 3 aromatic rings. The highest BCUT2D eigenvalue weighted by Gasteiger charge is 2.12. The molecule has 0 aliphatic carbocycles. The van der Waals surface area contributed by atoms with E-state index < -0.39 is 0 Å². The van der Waals surface area contributed by atoms with Crippen molar-refractivity contribution in [3.63, 3.8) is 0 Å². The number of nitro benzene ring substituents is 1. The van der Waals surface area contributed by atoms with Crippen molar-refractivity contribution in [1.29, 1.82) is 0 Å². The van der Waals surface area contributed by atoms with Crippen LogP contribution in [-0.4, -0.2) is 29.8 Å². The van der Waals surface area contributed by atoms with Gasteiger partial charge in [0.15, 0.2) is 0 Å². The second kappa shape index (κ2) is 7.68. The first-order valence-electron chi connectivity index (χ1n) is 9.03. The van der Waals surface area contributed by atoms with Crippen LogP contribution in [-0.2, 0) is 0 Å². The summed E-state index contributed by atoms with van der Waals surface area (Å²) in [5, 5.41) is 11.1. The molecule has 144 valence electrons. The van der Waals surface area contributed by atoms with Crippen LogP contribution in [0, 0.1) is 30.9 Å². The molecule has 0 spiro atoms. The molecule has 0 saturated carbocycles. The topological polar surface area (TPSA) is 63.7 Å². The van der Waals surface area contributed by atoms with Gasteiger partial charge in [0.2, 0.25) is 0 Å². The molecule has 0 aliphatic rings. The number of aliphatic imine (C=N–C) groups is 1. The Labute approximate surface area is 164 Å². The molecule has 0 aliphatic heterocycles. The van der Waals surface area contributed by atoms with Gasteiger partial charge >= 0.3 is 0 Å². The molecule has 0 fully saturated rings. The van der Waals surface area contributed by atoms with E-state index in [1.54, 1.807) is 25.3 Å². The van der Waals surface area contributed by atoms with Gasteiger partial charge in [-0.1, -0.05) is 6.07 Å². The zero-order valence-corrected chi connectivity index (χ0v) is 16.8. The average molecular weight is 376 g/mol. The molecule has 0 atom stereocenters. The number of benzene rings is 2. The van der Waals surface area contributed by atoms with E-state index in [-0.39, 0.29) is 10.6 Å². The Morgan fingerprint density at radius 3 is 2.32 bits per heavy atom. The van der Waals surface area contributed by atoms with Crippen LogP contribution in [0.2, 0.25) is 0 Å². The number of rotatable bonds is 5. The Bertz CT molecular complexity index is 1050. The van der Waals surface area contributed by atoms with Gasteiger partial charge in [-0.15, -0.1) is 0 Å². The summed E-state index contributed by atoms with van der Waals surface area (Å²) in [6.45, 7) is 5.83. The van der Waals surface area contributed by atoms with Gasteiger partial charge in [0, 0.05) is 60.3 Å². The Morgan fingerprint density at radius 2 is 1.71 bits per heavy atom. The molecule has 3 rings (SSSR count). The van der Waals surface area contributed by atoms with Crippen LogP contribution in [0.25, 0.3) is 5.69 Å². The van der Waals surface area contributed by atoms with Crippen molar-refractivity contribution < 1.29 is 4.92 Å². The summed E-state index contributed by atoms with van der Waals surface area (Å²) in [6, 6.07) is 15.5. The molecule has 0 N–H and O–H groups in total. The van der Waals surface area contributed by atoms with E-state index in [1.807, 2.05) is 21.0 Å². The quantitative estimate of drug-likeness (QED) is 0.352. The third-order valence-corrected chi connectivity index (χ3v) is 4.84. The average Bonchev–Trinajstić information content (AvgIpc) is 2.94. The van der Waals surface area contributed by atoms with Crippen molar-refractivity contribution in [2.75, 3.05) is 19.0 Å². The van der Waals surface area contributed by atoms with Crippen molar-refractivity contribution in [3.05, 3.63) is 81.2 Å². The summed E-state index contributed by atoms with van der Waals surface area (Å²) in [6.07, 6.45) is 1.77. The molecule has 1 heterocycles. The van der Waals surface area contributed by atoms with E-state index in [0.717, 1.165) is 28.3 Å². The van der Waals surface area contributed by atoms with Gasteiger partial charge < -0.3 is 9.47 Å². The molecule has 0 unspecified atom stereocenters. The first-order valence-corrected chi connectivity index (χ1v) is 9.03. The minimum absolute atomic E-state index is 0.0844. The normalized spacial score (nSPS) is 11.2. The Morgan fingerprint density at radius 1 is 1.04 bits per heavy atom. The number of nitrogens with zero attached hydrogens (tertiary/aromatic N) is 4. The van der Waals surface area contributed by atoms with Crippen LogP contribution in [0.15, 0.2) is 53.5 Å². The van der Waals surface area contributed by atoms with Crippen LogP contribution in [0.4, 0.5) is 17.1 Å². The second-order valence-corrected chi connectivity index (χ2v) is 7.06. The number of nitro groups is 1. The van der Waals surface area contributed by atoms with Crippen LogP contribution in [0.5, 0.6) is 0 Å². The van der Waals surface area contributed by atoms with Crippen molar-refractivity contribution >= 4 is 23.3 Å². The summed E-state index contributed by atoms with van der Waals surface area (Å²) >= 11 is 0. The van der Waals surface area contributed by atoms with E-state index in [4.69, 9.17) is 0 Å². The molecular weight excluding hydrogens is 352 g/mol. The van der Waals surface area contributed by atoms with Gasteiger partial charge in [-0.25, -0.2) is 0 Å². The summed E-state index contributed by atoms with van der Waals surface area (Å²) in [5.41, 5.74) is 6.67. The van der Waals surface area contributed by atoms with Crippen LogP contribution in [0.1, 0.15) is 22.5 Å². The first-order chi connectivity index (χ1) is 13.3. The summed E-state index contributed by atoms with van der Waals surface area (Å²) in [7, 11) is 4.04. The molecule has 0 saturated heterocycles. The van der Waals surface area contributed by atoms with Gasteiger partial charge in [0.25, 0.3) is 5.69 Å². The highest BCUT2D eigenvalue weighted by molar-refractivity contribution is 5.84. The molecule has 6 heteroatoms. The SMILES string of the molecule is Cc1ccc(N=Cc2cc(C)n(-c3ccc(N(C)C)cc3)c2C)cc1[N+](=O)[O-]. The first kappa shape index (κ1) is 19.4. The van der Waals surface area contributed by atoms with E-state index >= 15 is 0 Å². The van der Waals surface area contributed by atoms with Gasteiger partial charge in [0.05, 0.1) is 10.6 Å². The lowest BCUT2D eigenvalue weighted by Crippen LogP contribution is -2.08. The fraction of sp³-hybridized carbons (Fsp3) is 0.227. The fourth-order valence-corrected chi connectivity index (χ4v) is 3.23. The Balaban J connectivity index is 1.93. The zero-order chi connectivity index (χ0) is 20.4. The fourth-order valence-electron chi connectivity index (χ4n) is 3.23. The number of aryl methyl sites for hydroxylation is 2. The number of aromatic nitrogens is 1. The molecule has 6 nitrogen and oxygen atoms in total. The second-order valence-electron chi connectivity index (χ2n) is 7.06. The van der Waals surface area contributed by atoms with E-state index in [0.29, 0.717) is 11.3 Å². The standard InChI is InChI=1S/C22H24N4O2/c1-15-6-7-19(13-22(15)26(27)28)23-14-18-12-16(2)25(17(18)3)21-10-8-20(9-11-21)24(4)5/h6-14H,1-5H3. The van der Waals surface area contributed by atoms with Crippen molar-refractivity contribution in [3.8, 4) is 5.69 Å². The van der Waals surface area contributed by atoms with Crippen LogP contribution >= 0.6 is 0 Å². The van der Waals surface area contributed by atoms with Crippen molar-refractivity contribution in [2.24, 2.45) is 4.99 Å². The number of anilines is 1. The van der Waals surface area contributed by atoms with Crippen molar-refractivity contribution in [1.82, 2.24) is 4.57 Å². The Kier molecular flexibility index (Phi) is 5.31. The van der Waals surface area contributed by atoms with Gasteiger partial charge in [-0.05, 0) is 57.2 Å². The highest BCUT2D eigenvalue weighted by atomic mass is 16.6. The monoisotopic (exact) mass is 376 g/mol. The largest absolute Gasteiger partial charge is 0.378 e. The summed E-state index contributed by atoms with van der Waals surface area (Å²) < 4.78 is 2.18. The molecule has 2 aromatic carbocycles. The van der Waals surface area contributed by atoms with Crippen molar-refractivity contribution in [2.45, 2.75) is 20.8 Å². The third-order valence-electron chi connectivity index (χ3n) is 4.84. The summed E-state index contributed by atoms with van der Waals surface area (Å²) in [4.78, 5) is 17.3. The van der Waals surface area contributed by atoms with Gasteiger partial charge in [-0.3, -0.25) is 15.1 Å². The summed E-state index contributed by atoms with van der Waals surface area (Å²) in [5.74, 6) is 0. The number of hydrogen-bond donors (Lipinski definition) is 0. The predicted molar refractivity (Wildman–Crippen MR) is 115 cm³/mol. The molecule has 0 amide bonds. The third kappa shape index (κ3) is 3.81. The highest BCUT2D eigenvalue weighted by Crippen LogP contribution is 2.25. The minimum atomic E-state index is -0.377. The maximum absolute atomic E-state index is 11.1. The molecule has 28 heavy (non-hydrogen) atoms. The molecular formula is C22H24N4O2. The van der Waals surface area contributed by atoms with E-state index in [2.05, 4.69) is 51.7 Å². The van der Waals surface area contributed by atoms with Crippen LogP contribution in [0.3, 0.4) is 0 Å². The zero-order valence-electron chi connectivity index (χ0n) is 16.8. The lowest BCUT2D eigenvalue weighted by atomic mass is 10.2. The molecule has 0 bridgehead atoms. The molecule has 0 radical (unpaired) electrons. The minimum Gasteiger partial charge on any atom is -0.378 e. The number of hydrogen-bond acceptors (Lipinski definition) is 4. The smallest absolute Gasteiger partial charge is 0.274 e.